The molecule has 3 N–H and O–H groups in total. The molecule has 0 fully saturated rings. The highest BCUT2D eigenvalue weighted by atomic mass is 35.5. The maximum Gasteiger partial charge on any atom is 0.323 e. The van der Waals surface area contributed by atoms with Crippen molar-refractivity contribution in [2.45, 2.75) is 4.21 Å². The van der Waals surface area contributed by atoms with Gasteiger partial charge in [-0.2, -0.15) is 0 Å². The first-order chi connectivity index (χ1) is 13.8. The summed E-state index contributed by atoms with van der Waals surface area (Å²) in [5, 5.41) is 7.58. The molecule has 1 heterocycles. The number of amides is 2. The fraction of sp³-hybridized carbons (Fsp3) is 0.0556. The van der Waals surface area contributed by atoms with Gasteiger partial charge in [-0.05, 0) is 47.8 Å². The molecule has 3 rings (SSSR count). The quantitative estimate of drug-likeness (QED) is 0.441. The first kappa shape index (κ1) is 21.3. The summed E-state index contributed by atoms with van der Waals surface area (Å²) >= 11 is 12.9. The van der Waals surface area contributed by atoms with E-state index < -0.39 is 16.1 Å². The summed E-state index contributed by atoms with van der Waals surface area (Å²) in [7, 11) is -2.35. The second-order valence-corrected chi connectivity index (χ2v) is 9.33. The van der Waals surface area contributed by atoms with Crippen LogP contribution in [0.3, 0.4) is 0 Å². The largest absolute Gasteiger partial charge is 0.495 e. The van der Waals surface area contributed by atoms with E-state index in [2.05, 4.69) is 15.4 Å². The smallest absolute Gasteiger partial charge is 0.323 e. The van der Waals surface area contributed by atoms with Crippen molar-refractivity contribution in [3.05, 3.63) is 64.0 Å². The summed E-state index contributed by atoms with van der Waals surface area (Å²) in [6.45, 7) is 0. The average Bonchev–Trinajstić information content (AvgIpc) is 3.20. The number of carbonyl (C=O) groups is 1. The Morgan fingerprint density at radius 1 is 1.00 bits per heavy atom. The van der Waals surface area contributed by atoms with Gasteiger partial charge in [-0.25, -0.2) is 13.2 Å². The number of ether oxygens (including phenoxy) is 1. The zero-order chi connectivity index (χ0) is 21.0. The highest BCUT2D eigenvalue weighted by Crippen LogP contribution is 2.31. The number of nitrogens with one attached hydrogen (secondary N) is 3. The van der Waals surface area contributed by atoms with Gasteiger partial charge in [0.15, 0.2) is 0 Å². The van der Waals surface area contributed by atoms with Crippen molar-refractivity contribution in [3.63, 3.8) is 0 Å². The Balaban J connectivity index is 1.77. The number of benzene rings is 2. The minimum absolute atomic E-state index is 0.162. The Morgan fingerprint density at radius 3 is 2.31 bits per heavy atom. The van der Waals surface area contributed by atoms with Crippen LogP contribution in [-0.2, 0) is 10.0 Å². The third-order valence-corrected chi connectivity index (χ3v) is 7.14. The number of carbonyl (C=O) groups excluding carboxylic acids is 1. The Bertz CT molecular complexity index is 1140. The average molecular weight is 472 g/mol. The fourth-order valence-electron chi connectivity index (χ4n) is 2.34. The van der Waals surface area contributed by atoms with Crippen molar-refractivity contribution in [1.82, 2.24) is 0 Å². The van der Waals surface area contributed by atoms with Crippen LogP contribution in [0.15, 0.2) is 58.1 Å². The molecule has 0 unspecified atom stereocenters. The molecular weight excluding hydrogens is 457 g/mol. The van der Waals surface area contributed by atoms with E-state index in [4.69, 9.17) is 27.9 Å². The third-order valence-electron chi connectivity index (χ3n) is 3.64. The predicted molar refractivity (Wildman–Crippen MR) is 117 cm³/mol. The van der Waals surface area contributed by atoms with Crippen molar-refractivity contribution in [1.29, 1.82) is 0 Å². The van der Waals surface area contributed by atoms with Crippen LogP contribution in [0.2, 0.25) is 10.0 Å². The third kappa shape index (κ3) is 5.33. The number of thiophene rings is 1. The van der Waals surface area contributed by atoms with Crippen molar-refractivity contribution < 1.29 is 17.9 Å². The number of rotatable bonds is 6. The lowest BCUT2D eigenvalue weighted by atomic mass is 10.2. The Labute approximate surface area is 181 Å². The van der Waals surface area contributed by atoms with E-state index in [1.807, 2.05) is 0 Å². The van der Waals surface area contributed by atoms with Gasteiger partial charge in [0.05, 0.1) is 22.8 Å². The van der Waals surface area contributed by atoms with Gasteiger partial charge in [-0.1, -0.05) is 29.3 Å². The molecule has 152 valence electrons. The number of methoxy groups -OCH3 is 1. The molecule has 29 heavy (non-hydrogen) atoms. The molecular formula is C18H15Cl2N3O4S2. The van der Waals surface area contributed by atoms with Crippen LogP contribution in [0.25, 0.3) is 0 Å². The summed E-state index contributed by atoms with van der Waals surface area (Å²) in [6, 6.07) is 11.8. The highest BCUT2D eigenvalue weighted by Gasteiger charge is 2.18. The van der Waals surface area contributed by atoms with Gasteiger partial charge < -0.3 is 15.4 Å². The van der Waals surface area contributed by atoms with E-state index in [0.717, 1.165) is 11.3 Å². The molecule has 0 aliphatic heterocycles. The van der Waals surface area contributed by atoms with Crippen LogP contribution in [0, 0.1) is 0 Å². The highest BCUT2D eigenvalue weighted by molar-refractivity contribution is 7.94. The van der Waals surface area contributed by atoms with Crippen LogP contribution >= 0.6 is 34.5 Å². The fourth-order valence-corrected chi connectivity index (χ4v) is 4.70. The van der Waals surface area contributed by atoms with E-state index in [1.54, 1.807) is 35.7 Å². The minimum Gasteiger partial charge on any atom is -0.495 e. The molecule has 0 saturated carbocycles. The Kier molecular flexibility index (Phi) is 6.53. The lowest BCUT2D eigenvalue weighted by Crippen LogP contribution is -2.19. The molecule has 1 aromatic heterocycles. The first-order valence-corrected chi connectivity index (χ1v) is 11.2. The van der Waals surface area contributed by atoms with Crippen molar-refractivity contribution in [2.75, 3.05) is 22.5 Å². The van der Waals surface area contributed by atoms with Crippen molar-refractivity contribution in [2.24, 2.45) is 0 Å². The predicted octanol–water partition coefficient (Wildman–Crippen LogP) is 5.51. The van der Waals surface area contributed by atoms with Gasteiger partial charge in [-0.3, -0.25) is 4.72 Å². The lowest BCUT2D eigenvalue weighted by molar-refractivity contribution is 0.262. The molecule has 0 spiro atoms. The standard InChI is InChI=1S/C18H15Cl2N3O4S2/c1-27-16-7-5-12(10-15(16)23-29(25,26)17-3-2-8-28-17)22-18(24)21-11-4-6-13(19)14(20)9-11/h2-10,23H,1H3,(H2,21,22,24). The lowest BCUT2D eigenvalue weighted by Gasteiger charge is -2.14. The maximum atomic E-state index is 12.5. The molecule has 0 saturated heterocycles. The molecule has 7 nitrogen and oxygen atoms in total. The summed E-state index contributed by atoms with van der Waals surface area (Å²) in [5.41, 5.74) is 0.990. The van der Waals surface area contributed by atoms with E-state index in [1.165, 1.54) is 25.3 Å². The molecule has 0 bridgehead atoms. The summed E-state index contributed by atoms with van der Waals surface area (Å²) < 4.78 is 32.8. The van der Waals surface area contributed by atoms with Gasteiger partial charge >= 0.3 is 6.03 Å². The second kappa shape index (κ2) is 8.91. The van der Waals surface area contributed by atoms with Crippen LogP contribution in [0.4, 0.5) is 21.9 Å². The van der Waals surface area contributed by atoms with Crippen LogP contribution in [0.5, 0.6) is 5.75 Å². The van der Waals surface area contributed by atoms with Gasteiger partial charge in [0.2, 0.25) is 0 Å². The van der Waals surface area contributed by atoms with Gasteiger partial charge in [0.1, 0.15) is 9.96 Å². The minimum atomic E-state index is -3.77. The SMILES string of the molecule is COc1ccc(NC(=O)Nc2ccc(Cl)c(Cl)c2)cc1NS(=O)(=O)c1cccs1. The molecule has 0 radical (unpaired) electrons. The molecule has 3 aromatic rings. The molecule has 0 aliphatic carbocycles. The van der Waals surface area contributed by atoms with Crippen LogP contribution < -0.4 is 20.1 Å². The molecule has 11 heteroatoms. The number of sulfonamides is 1. The van der Waals surface area contributed by atoms with E-state index in [9.17, 15) is 13.2 Å². The van der Waals surface area contributed by atoms with E-state index in [-0.39, 0.29) is 9.90 Å². The van der Waals surface area contributed by atoms with Crippen LogP contribution in [-0.4, -0.2) is 21.6 Å². The number of anilines is 3. The molecule has 2 aromatic carbocycles. The van der Waals surface area contributed by atoms with Gasteiger partial charge in [0, 0.05) is 11.4 Å². The number of hydrogen-bond donors (Lipinski definition) is 3. The second-order valence-electron chi connectivity index (χ2n) is 5.66. The van der Waals surface area contributed by atoms with E-state index in [0.29, 0.717) is 27.2 Å². The summed E-state index contributed by atoms with van der Waals surface area (Å²) in [6.07, 6.45) is 0. The monoisotopic (exact) mass is 471 g/mol. The Morgan fingerprint density at radius 2 is 1.69 bits per heavy atom. The number of urea groups is 1. The van der Waals surface area contributed by atoms with Crippen molar-refractivity contribution in [3.8, 4) is 5.75 Å². The number of hydrogen-bond acceptors (Lipinski definition) is 5. The zero-order valence-electron chi connectivity index (χ0n) is 14.9. The maximum absolute atomic E-state index is 12.5. The molecule has 0 aliphatic rings. The normalized spacial score (nSPS) is 11.0. The van der Waals surface area contributed by atoms with E-state index >= 15 is 0 Å². The number of halogens is 2. The first-order valence-electron chi connectivity index (χ1n) is 8.06. The molecule has 0 atom stereocenters. The van der Waals surface area contributed by atoms with Gasteiger partial charge in [-0.15, -0.1) is 11.3 Å². The van der Waals surface area contributed by atoms with Crippen molar-refractivity contribution >= 4 is 67.7 Å². The zero-order valence-corrected chi connectivity index (χ0v) is 18.0. The Hall–Kier alpha value is -2.46. The molecule has 2 amide bonds. The van der Waals surface area contributed by atoms with Crippen LogP contribution in [0.1, 0.15) is 0 Å². The van der Waals surface area contributed by atoms with Gasteiger partial charge in [0.25, 0.3) is 10.0 Å². The topological polar surface area (TPSA) is 96.5 Å². The summed E-state index contributed by atoms with van der Waals surface area (Å²) in [4.78, 5) is 12.2. The summed E-state index contributed by atoms with van der Waals surface area (Å²) in [5.74, 6) is 0.306.